The van der Waals surface area contributed by atoms with Crippen molar-refractivity contribution in [2.45, 2.75) is 12.3 Å². The number of allylic oxidation sites excluding steroid dienone is 1. The third-order valence-electron chi connectivity index (χ3n) is 0.919. The van der Waals surface area contributed by atoms with E-state index in [1.54, 1.807) is 6.34 Å². The van der Waals surface area contributed by atoms with Crippen molar-refractivity contribution in [3.05, 3.63) is 11.8 Å². The Bertz CT molecular complexity index is 139. The molecule has 0 amide bonds. The zero-order valence-corrected chi connectivity index (χ0v) is 5.52. The molecule has 3 heteroatoms. The summed E-state index contributed by atoms with van der Waals surface area (Å²) in [5, 5.41) is 2.98. The first-order valence-corrected chi connectivity index (χ1v) is 2.95. The van der Waals surface area contributed by atoms with Gasteiger partial charge in [-0.3, -0.25) is 4.99 Å². The van der Waals surface area contributed by atoms with Crippen LogP contribution in [0.1, 0.15) is 6.92 Å². The number of nitrogens with zero attached hydrogens (tertiary/aromatic N) is 1. The van der Waals surface area contributed by atoms with E-state index in [1.807, 2.05) is 13.0 Å². The molecule has 0 aromatic rings. The van der Waals surface area contributed by atoms with Crippen LogP contribution in [0.15, 0.2) is 16.8 Å². The van der Waals surface area contributed by atoms with Crippen LogP contribution in [-0.4, -0.2) is 11.7 Å². The molecule has 0 saturated carbocycles. The molecule has 0 bridgehead atoms. The largest absolute Gasteiger partial charge is 0.351 e. The molecule has 1 rings (SSSR count). The Hall–Kier alpha value is -0.440. The van der Waals surface area contributed by atoms with Gasteiger partial charge < -0.3 is 5.32 Å². The van der Waals surface area contributed by atoms with Gasteiger partial charge in [-0.05, 0) is 13.0 Å². The zero-order chi connectivity index (χ0) is 5.98. The monoisotopic (exact) mass is 128 g/mol. The Morgan fingerprint density at radius 3 is 3.00 bits per heavy atom. The van der Waals surface area contributed by atoms with Crippen LogP contribution in [0, 0.1) is 0 Å². The molecule has 0 fully saturated rings. The van der Waals surface area contributed by atoms with E-state index in [-0.39, 0.29) is 5.37 Å². The third-order valence-corrected chi connectivity index (χ3v) is 1.20. The van der Waals surface area contributed by atoms with E-state index in [2.05, 4.69) is 22.9 Å². The van der Waals surface area contributed by atoms with Gasteiger partial charge in [0.15, 0.2) is 0 Å². The van der Waals surface area contributed by atoms with E-state index < -0.39 is 0 Å². The second kappa shape index (κ2) is 2.22. The lowest BCUT2D eigenvalue weighted by Crippen LogP contribution is -2.15. The minimum Gasteiger partial charge on any atom is -0.351 e. The summed E-state index contributed by atoms with van der Waals surface area (Å²) in [6.45, 7) is 1.98. The lowest BCUT2D eigenvalue weighted by atomic mass is 10.4. The highest BCUT2D eigenvalue weighted by atomic mass is 32.1. The van der Waals surface area contributed by atoms with Crippen molar-refractivity contribution in [2.24, 2.45) is 4.99 Å². The van der Waals surface area contributed by atoms with Gasteiger partial charge in [0.2, 0.25) is 0 Å². The molecule has 1 aliphatic heterocycles. The van der Waals surface area contributed by atoms with Gasteiger partial charge in [-0.2, -0.15) is 0 Å². The molecule has 0 aromatic heterocycles. The summed E-state index contributed by atoms with van der Waals surface area (Å²) in [7, 11) is 0. The summed E-state index contributed by atoms with van der Waals surface area (Å²) in [4.78, 5) is 3.93. The molecule has 1 N–H and O–H groups in total. The average molecular weight is 128 g/mol. The van der Waals surface area contributed by atoms with Crippen LogP contribution in [-0.2, 0) is 0 Å². The topological polar surface area (TPSA) is 24.4 Å². The molecule has 44 valence electrons. The second-order valence-electron chi connectivity index (χ2n) is 1.69. The van der Waals surface area contributed by atoms with Crippen molar-refractivity contribution < 1.29 is 0 Å². The van der Waals surface area contributed by atoms with E-state index in [0.717, 1.165) is 5.70 Å². The van der Waals surface area contributed by atoms with Crippen molar-refractivity contribution in [1.82, 2.24) is 5.32 Å². The van der Waals surface area contributed by atoms with Crippen LogP contribution >= 0.6 is 12.6 Å². The van der Waals surface area contributed by atoms with Crippen molar-refractivity contribution in [1.29, 1.82) is 0 Å². The van der Waals surface area contributed by atoms with Gasteiger partial charge >= 0.3 is 0 Å². The summed E-state index contributed by atoms with van der Waals surface area (Å²) < 4.78 is 0. The Balaban J connectivity index is 2.60. The van der Waals surface area contributed by atoms with Gasteiger partial charge in [-0.15, -0.1) is 12.6 Å². The normalized spacial score (nSPS) is 26.8. The highest BCUT2D eigenvalue weighted by molar-refractivity contribution is 7.81. The number of hydrogen-bond donors (Lipinski definition) is 2. The summed E-state index contributed by atoms with van der Waals surface area (Å²) in [6.07, 6.45) is 3.61. The highest BCUT2D eigenvalue weighted by Crippen LogP contribution is 2.03. The maximum absolute atomic E-state index is 4.11. The molecule has 0 radical (unpaired) electrons. The summed E-state index contributed by atoms with van der Waals surface area (Å²) in [5.74, 6) is 0. The Morgan fingerprint density at radius 2 is 2.62 bits per heavy atom. The molecule has 1 atom stereocenters. The van der Waals surface area contributed by atoms with Crippen molar-refractivity contribution in [3.63, 3.8) is 0 Å². The Morgan fingerprint density at radius 1 is 1.88 bits per heavy atom. The maximum Gasteiger partial charge on any atom is 0.114 e. The highest BCUT2D eigenvalue weighted by Gasteiger charge is 1.97. The van der Waals surface area contributed by atoms with E-state index in [4.69, 9.17) is 0 Å². The fraction of sp³-hybridized carbons (Fsp3) is 0.400. The van der Waals surface area contributed by atoms with Gasteiger partial charge in [0.1, 0.15) is 5.37 Å². The predicted molar refractivity (Wildman–Crippen MR) is 38.2 cm³/mol. The number of aliphatic imine (C=N–C) groups is 1. The van der Waals surface area contributed by atoms with Gasteiger partial charge in [0.05, 0.1) is 6.34 Å². The fourth-order valence-electron chi connectivity index (χ4n) is 0.530. The van der Waals surface area contributed by atoms with Gasteiger partial charge in [-0.1, -0.05) is 0 Å². The van der Waals surface area contributed by atoms with Crippen LogP contribution in [0.2, 0.25) is 0 Å². The molecule has 8 heavy (non-hydrogen) atoms. The molecular weight excluding hydrogens is 120 g/mol. The molecule has 1 unspecified atom stereocenters. The first-order valence-electron chi connectivity index (χ1n) is 2.44. The zero-order valence-electron chi connectivity index (χ0n) is 4.63. The Kier molecular flexibility index (Phi) is 1.58. The van der Waals surface area contributed by atoms with Crippen LogP contribution in [0.3, 0.4) is 0 Å². The summed E-state index contributed by atoms with van der Waals surface area (Å²) in [6, 6.07) is 0. The summed E-state index contributed by atoms with van der Waals surface area (Å²) >= 11 is 4.11. The van der Waals surface area contributed by atoms with E-state index >= 15 is 0 Å². The SMILES string of the molecule is CC1=CC(S)N=CN1. The molecule has 1 aliphatic rings. The Labute approximate surface area is 54.1 Å². The van der Waals surface area contributed by atoms with Crippen LogP contribution < -0.4 is 5.32 Å². The second-order valence-corrected chi connectivity index (χ2v) is 2.21. The molecule has 2 nitrogen and oxygen atoms in total. The molecule has 0 saturated heterocycles. The molecule has 0 spiro atoms. The minimum atomic E-state index is 0.0521. The summed E-state index contributed by atoms with van der Waals surface area (Å²) in [5.41, 5.74) is 1.11. The van der Waals surface area contributed by atoms with E-state index in [1.165, 1.54) is 0 Å². The minimum absolute atomic E-state index is 0.0521. The lowest BCUT2D eigenvalue weighted by Gasteiger charge is -2.07. The van der Waals surface area contributed by atoms with E-state index in [0.29, 0.717) is 0 Å². The quantitative estimate of drug-likeness (QED) is 0.463. The van der Waals surface area contributed by atoms with Gasteiger partial charge in [-0.25, -0.2) is 0 Å². The van der Waals surface area contributed by atoms with Crippen LogP contribution in [0.4, 0.5) is 0 Å². The maximum atomic E-state index is 4.11. The number of hydrogen-bond acceptors (Lipinski definition) is 3. The number of nitrogens with one attached hydrogen (secondary N) is 1. The smallest absolute Gasteiger partial charge is 0.114 e. The van der Waals surface area contributed by atoms with Gasteiger partial charge in [0, 0.05) is 5.70 Å². The molecule has 1 heterocycles. The third kappa shape index (κ3) is 1.26. The van der Waals surface area contributed by atoms with Crippen molar-refractivity contribution in [3.8, 4) is 0 Å². The molecular formula is C5H8N2S. The van der Waals surface area contributed by atoms with Crippen molar-refractivity contribution >= 4 is 19.0 Å². The first kappa shape index (κ1) is 5.69. The number of rotatable bonds is 0. The predicted octanol–water partition coefficient (Wildman–Crippen LogP) is 0.778. The first-order chi connectivity index (χ1) is 3.79. The average Bonchev–Trinajstić information content (AvgIpc) is 1.64. The lowest BCUT2D eigenvalue weighted by molar-refractivity contribution is 1.01. The number of thiol groups is 1. The molecule has 0 aliphatic carbocycles. The van der Waals surface area contributed by atoms with Gasteiger partial charge in [0.25, 0.3) is 0 Å². The van der Waals surface area contributed by atoms with E-state index in [9.17, 15) is 0 Å². The van der Waals surface area contributed by atoms with Crippen molar-refractivity contribution in [2.75, 3.05) is 0 Å². The van der Waals surface area contributed by atoms with Crippen LogP contribution in [0.25, 0.3) is 0 Å². The standard InChI is InChI=1S/C5H8N2S/c1-4-2-5(8)7-3-6-4/h2-3,5,8H,1H3,(H,6,7). The fourth-order valence-corrected chi connectivity index (χ4v) is 0.820. The van der Waals surface area contributed by atoms with Crippen LogP contribution in [0.5, 0.6) is 0 Å². The molecule has 0 aromatic carbocycles.